The number of carbonyl (C=O) groups is 1. The summed E-state index contributed by atoms with van der Waals surface area (Å²) in [7, 11) is 1.55. The fourth-order valence-corrected chi connectivity index (χ4v) is 7.16. The third-order valence-electron chi connectivity index (χ3n) is 8.17. The molecule has 0 amide bonds. The molecule has 0 saturated carbocycles. The zero-order chi connectivity index (χ0) is 36.1. The van der Waals surface area contributed by atoms with Crippen LogP contribution in [0.5, 0.6) is 17.2 Å². The summed E-state index contributed by atoms with van der Waals surface area (Å²) in [5.74, 6) is 1.09. The Hall–Kier alpha value is -4.25. The van der Waals surface area contributed by atoms with E-state index in [-0.39, 0.29) is 30.5 Å². The number of fused-ring (bicyclic) bond motifs is 1. The van der Waals surface area contributed by atoms with E-state index in [0.717, 1.165) is 24.3 Å². The Kier molecular flexibility index (Phi) is 12.0. The van der Waals surface area contributed by atoms with Crippen LogP contribution in [0, 0.1) is 0 Å². The van der Waals surface area contributed by atoms with Gasteiger partial charge in [-0.3, -0.25) is 9.36 Å². The van der Waals surface area contributed by atoms with Gasteiger partial charge < -0.3 is 23.8 Å². The fourth-order valence-electron chi connectivity index (χ4n) is 5.80. The number of benzene rings is 3. The van der Waals surface area contributed by atoms with E-state index in [1.165, 1.54) is 11.3 Å². The Morgan fingerprint density at radius 3 is 2.42 bits per heavy atom. The molecule has 1 aliphatic rings. The number of methoxy groups -OCH3 is 1. The van der Waals surface area contributed by atoms with Gasteiger partial charge in [-0.15, -0.1) is 0 Å². The topological polar surface area (TPSA) is 91.6 Å². The molecule has 3 aromatic carbocycles. The van der Waals surface area contributed by atoms with Crippen molar-refractivity contribution in [3.8, 4) is 17.2 Å². The lowest BCUT2D eigenvalue weighted by molar-refractivity contribution is -0.139. The van der Waals surface area contributed by atoms with Gasteiger partial charge in [0, 0.05) is 30.4 Å². The van der Waals surface area contributed by atoms with Crippen LogP contribution in [0.2, 0.25) is 10.0 Å². The number of hydrogen-bond donors (Lipinski definition) is 0. The first-order valence-electron chi connectivity index (χ1n) is 16.5. The van der Waals surface area contributed by atoms with Crippen LogP contribution in [0.1, 0.15) is 64.3 Å². The summed E-state index contributed by atoms with van der Waals surface area (Å²) in [6.45, 7) is 13.6. The maximum atomic E-state index is 14.4. The van der Waals surface area contributed by atoms with Gasteiger partial charge >= 0.3 is 5.97 Å². The van der Waals surface area contributed by atoms with E-state index in [1.807, 2.05) is 44.2 Å². The molecule has 0 aliphatic carbocycles. The number of ether oxygens (including phenoxy) is 4. The van der Waals surface area contributed by atoms with Gasteiger partial charge in [0.1, 0.15) is 12.4 Å². The molecule has 5 rings (SSSR count). The Morgan fingerprint density at radius 1 is 1.00 bits per heavy atom. The van der Waals surface area contributed by atoms with Crippen LogP contribution in [-0.2, 0) is 16.1 Å². The van der Waals surface area contributed by atoms with Crippen molar-refractivity contribution < 1.29 is 23.7 Å². The van der Waals surface area contributed by atoms with Crippen molar-refractivity contribution in [2.45, 2.75) is 60.3 Å². The first kappa shape index (κ1) is 37.0. The molecule has 0 radical (unpaired) electrons. The van der Waals surface area contributed by atoms with Crippen molar-refractivity contribution in [3.63, 3.8) is 0 Å². The Morgan fingerprint density at radius 2 is 1.76 bits per heavy atom. The van der Waals surface area contributed by atoms with Crippen molar-refractivity contribution in [2.75, 3.05) is 31.7 Å². The predicted molar refractivity (Wildman–Crippen MR) is 200 cm³/mol. The van der Waals surface area contributed by atoms with Gasteiger partial charge in [-0.25, -0.2) is 9.79 Å². The monoisotopic (exact) mass is 737 g/mol. The second kappa shape index (κ2) is 16.2. The number of nitrogens with zero attached hydrogens (tertiary/aromatic N) is 3. The Bertz CT molecular complexity index is 2100. The molecule has 1 aromatic heterocycles. The van der Waals surface area contributed by atoms with Crippen LogP contribution < -0.4 is 34.0 Å². The van der Waals surface area contributed by atoms with E-state index in [2.05, 4.69) is 18.7 Å². The van der Waals surface area contributed by atoms with Gasteiger partial charge in [0.15, 0.2) is 16.3 Å². The van der Waals surface area contributed by atoms with Gasteiger partial charge in [0.25, 0.3) is 5.56 Å². The molecule has 0 unspecified atom stereocenters. The predicted octanol–water partition coefficient (Wildman–Crippen LogP) is 7.33. The summed E-state index contributed by atoms with van der Waals surface area (Å²) in [4.78, 5) is 35.2. The van der Waals surface area contributed by atoms with Crippen molar-refractivity contribution in [1.29, 1.82) is 0 Å². The van der Waals surface area contributed by atoms with Crippen LogP contribution >= 0.6 is 34.5 Å². The molecule has 0 bridgehead atoms. The van der Waals surface area contributed by atoms with Crippen molar-refractivity contribution in [3.05, 3.63) is 112 Å². The van der Waals surface area contributed by atoms with Gasteiger partial charge in [-0.1, -0.05) is 46.7 Å². The number of allylic oxidation sites excluding steroid dienone is 1. The molecule has 4 aromatic rings. The molecular formula is C38H41Cl2N3O6S. The third kappa shape index (κ3) is 7.88. The minimum absolute atomic E-state index is 0.0800. The number of anilines is 1. The molecule has 12 heteroatoms. The summed E-state index contributed by atoms with van der Waals surface area (Å²) in [5, 5.41) is 0.908. The lowest BCUT2D eigenvalue weighted by Crippen LogP contribution is -2.40. The highest BCUT2D eigenvalue weighted by atomic mass is 35.5. The van der Waals surface area contributed by atoms with Gasteiger partial charge in [0.05, 0.1) is 51.7 Å². The summed E-state index contributed by atoms with van der Waals surface area (Å²) in [6.07, 6.45) is 1.73. The Labute approximate surface area is 306 Å². The normalized spacial score (nSPS) is 14.4. The molecule has 264 valence electrons. The number of halogens is 2. The quantitative estimate of drug-likeness (QED) is 0.133. The second-order valence-corrected chi connectivity index (χ2v) is 13.6. The first-order chi connectivity index (χ1) is 24.0. The minimum atomic E-state index is -0.815. The van der Waals surface area contributed by atoms with Crippen LogP contribution in [-0.4, -0.2) is 43.4 Å². The first-order valence-corrected chi connectivity index (χ1v) is 18.1. The maximum Gasteiger partial charge on any atom is 0.338 e. The van der Waals surface area contributed by atoms with Crippen molar-refractivity contribution in [1.82, 2.24) is 4.57 Å². The lowest BCUT2D eigenvalue weighted by Gasteiger charge is -2.25. The average molecular weight is 739 g/mol. The largest absolute Gasteiger partial charge is 0.493 e. The average Bonchev–Trinajstić information content (AvgIpc) is 3.39. The molecule has 1 aliphatic heterocycles. The van der Waals surface area contributed by atoms with Crippen molar-refractivity contribution >= 4 is 52.3 Å². The minimum Gasteiger partial charge on any atom is -0.493 e. The SMILES string of the molecule is CCOC(=O)C1=C(C)N=c2s/c(=C/c3ccc(N(CC)CC)cc3OCc3ccc(Cl)c(Cl)c3)c(=O)n2[C@@H]1c1ccc(OC(C)C)c(OC)c1. The summed E-state index contributed by atoms with van der Waals surface area (Å²) in [6, 6.07) is 15.9. The number of hydrogen-bond acceptors (Lipinski definition) is 9. The summed E-state index contributed by atoms with van der Waals surface area (Å²) >= 11 is 13.7. The zero-order valence-electron chi connectivity index (χ0n) is 29.2. The highest BCUT2D eigenvalue weighted by molar-refractivity contribution is 7.07. The Balaban J connectivity index is 1.66. The highest BCUT2D eigenvalue weighted by Crippen LogP contribution is 2.37. The van der Waals surface area contributed by atoms with Gasteiger partial charge in [-0.05, 0) is 95.1 Å². The van der Waals surface area contributed by atoms with Crippen molar-refractivity contribution in [2.24, 2.45) is 4.99 Å². The fraction of sp³-hybridized carbons (Fsp3) is 0.342. The molecule has 0 spiro atoms. The molecule has 9 nitrogen and oxygen atoms in total. The van der Waals surface area contributed by atoms with E-state index >= 15 is 0 Å². The molecular weight excluding hydrogens is 697 g/mol. The number of rotatable bonds is 13. The standard InChI is InChI=1S/C38H41Cl2N3O6S/c1-8-42(9-2)27-14-12-25(31(20-27)48-21-24-11-15-28(39)29(40)17-24)19-33-36(44)43-35(26-13-16-30(49-22(4)5)32(18-26)46-7)34(37(45)47-10-3)23(6)41-38(43)50-33/h11-20,22,35H,8-10,21H2,1-7H3/b33-19+/t35-/m1/s1. The maximum absolute atomic E-state index is 14.4. The van der Waals surface area contributed by atoms with Crippen LogP contribution in [0.15, 0.2) is 75.7 Å². The van der Waals surface area contributed by atoms with Crippen LogP contribution in [0.3, 0.4) is 0 Å². The number of esters is 1. The van der Waals surface area contributed by atoms with Crippen LogP contribution in [0.25, 0.3) is 6.08 Å². The molecule has 0 N–H and O–H groups in total. The van der Waals surface area contributed by atoms with E-state index < -0.39 is 12.0 Å². The van der Waals surface area contributed by atoms with E-state index in [4.69, 9.17) is 47.1 Å². The zero-order valence-corrected chi connectivity index (χ0v) is 31.5. The lowest BCUT2D eigenvalue weighted by atomic mass is 9.95. The van der Waals surface area contributed by atoms with E-state index in [0.29, 0.717) is 53.5 Å². The molecule has 1 atom stereocenters. The van der Waals surface area contributed by atoms with Gasteiger partial charge in [0.2, 0.25) is 0 Å². The highest BCUT2D eigenvalue weighted by Gasteiger charge is 2.34. The third-order valence-corrected chi connectivity index (χ3v) is 9.90. The molecule has 2 heterocycles. The molecule has 0 fully saturated rings. The van der Waals surface area contributed by atoms with E-state index in [9.17, 15) is 9.59 Å². The smallest absolute Gasteiger partial charge is 0.338 e. The number of thiazole rings is 1. The van der Waals surface area contributed by atoms with E-state index in [1.54, 1.807) is 55.9 Å². The summed E-state index contributed by atoms with van der Waals surface area (Å²) < 4.78 is 25.4. The number of carbonyl (C=O) groups excluding carboxylic acids is 1. The second-order valence-electron chi connectivity index (χ2n) is 11.8. The summed E-state index contributed by atoms with van der Waals surface area (Å²) in [5.41, 5.74) is 3.64. The number of aromatic nitrogens is 1. The van der Waals surface area contributed by atoms with Crippen LogP contribution in [0.4, 0.5) is 5.69 Å². The molecule has 0 saturated heterocycles. The molecule has 50 heavy (non-hydrogen) atoms. The van der Waals surface area contributed by atoms with Gasteiger partial charge in [-0.2, -0.15) is 0 Å².